The van der Waals surface area contributed by atoms with Gasteiger partial charge >= 0.3 is 109 Å². The van der Waals surface area contributed by atoms with Gasteiger partial charge in [0.2, 0.25) is 0 Å². The van der Waals surface area contributed by atoms with Crippen LogP contribution in [0.5, 0.6) is 0 Å². The zero-order valence-electron chi connectivity index (χ0n) is 7.98. The van der Waals surface area contributed by atoms with Crippen molar-refractivity contribution in [1.29, 1.82) is 0 Å². The SMILES string of the molecule is C/C1=C/CC/C(C)=[C](/[Pt]([I])[I])CC1. The van der Waals surface area contributed by atoms with Gasteiger partial charge in [-0.25, -0.2) is 0 Å². The summed E-state index contributed by atoms with van der Waals surface area (Å²) in [6, 6.07) is 0. The van der Waals surface area contributed by atoms with E-state index in [0.29, 0.717) is 0 Å². The third-order valence-electron chi connectivity index (χ3n) is 2.32. The Balaban J connectivity index is 2.74. The van der Waals surface area contributed by atoms with Crippen molar-refractivity contribution >= 4 is 38.7 Å². The van der Waals surface area contributed by atoms with Crippen LogP contribution in [-0.2, 0) is 9.95 Å². The summed E-state index contributed by atoms with van der Waals surface area (Å²) in [5.41, 5.74) is 3.29. The third kappa shape index (κ3) is 4.33. The molecule has 0 bridgehead atoms. The van der Waals surface area contributed by atoms with Crippen molar-refractivity contribution < 1.29 is 9.95 Å². The van der Waals surface area contributed by atoms with E-state index in [-0.39, 0.29) is 0 Å². The fourth-order valence-electron chi connectivity index (χ4n) is 1.44. The Morgan fingerprint density at radius 2 is 1.85 bits per heavy atom. The molecule has 0 atom stereocenters. The summed E-state index contributed by atoms with van der Waals surface area (Å²) in [7, 11) is -0.764. The fraction of sp³-hybridized carbons (Fsp3) is 0.600. The summed E-state index contributed by atoms with van der Waals surface area (Å²) >= 11 is 5.36. The molecule has 0 radical (unpaired) electrons. The van der Waals surface area contributed by atoms with Crippen LogP contribution in [0.2, 0.25) is 0 Å². The van der Waals surface area contributed by atoms with Gasteiger partial charge in [-0.1, -0.05) is 0 Å². The van der Waals surface area contributed by atoms with E-state index in [1.165, 1.54) is 25.7 Å². The molecule has 0 aromatic rings. The van der Waals surface area contributed by atoms with Crippen LogP contribution in [0.15, 0.2) is 21.2 Å². The van der Waals surface area contributed by atoms with E-state index in [4.69, 9.17) is 0 Å². The maximum atomic E-state index is 2.68. The van der Waals surface area contributed by atoms with E-state index in [1.807, 2.05) is 3.96 Å². The maximum absolute atomic E-state index is 2.68. The van der Waals surface area contributed by atoms with Crippen LogP contribution in [0.25, 0.3) is 0 Å². The zero-order chi connectivity index (χ0) is 9.84. The second kappa shape index (κ2) is 6.26. The Hall–Kier alpha value is 1.63. The zero-order valence-corrected chi connectivity index (χ0v) is 14.6. The van der Waals surface area contributed by atoms with E-state index in [9.17, 15) is 0 Å². The van der Waals surface area contributed by atoms with Crippen molar-refractivity contribution in [2.45, 2.75) is 39.5 Å². The summed E-state index contributed by atoms with van der Waals surface area (Å²) in [6.45, 7) is 4.61. The molecule has 0 saturated heterocycles. The monoisotopic (exact) mass is 584 g/mol. The van der Waals surface area contributed by atoms with Crippen molar-refractivity contribution in [2.24, 2.45) is 0 Å². The summed E-state index contributed by atoms with van der Waals surface area (Å²) in [5, 5.41) is 0. The van der Waals surface area contributed by atoms with Crippen molar-refractivity contribution in [3.63, 3.8) is 0 Å². The van der Waals surface area contributed by atoms with Gasteiger partial charge in [-0.3, -0.25) is 0 Å². The fourth-order valence-corrected chi connectivity index (χ4v) is 10.7. The minimum atomic E-state index is -0.764. The molecule has 0 aromatic carbocycles. The van der Waals surface area contributed by atoms with E-state index in [0.717, 1.165) is 0 Å². The first-order chi connectivity index (χ1) is 6.11. The number of hydrogen-bond acceptors (Lipinski definition) is 0. The van der Waals surface area contributed by atoms with Gasteiger partial charge in [0, 0.05) is 0 Å². The number of hydrogen-bond donors (Lipinski definition) is 0. The van der Waals surface area contributed by atoms with Crippen molar-refractivity contribution in [1.82, 2.24) is 0 Å². The van der Waals surface area contributed by atoms with Crippen LogP contribution in [-0.4, -0.2) is 0 Å². The van der Waals surface area contributed by atoms with Gasteiger partial charge in [-0.2, -0.15) is 0 Å². The molecule has 0 aromatic heterocycles. The molecule has 1 rings (SSSR count). The molecule has 0 fully saturated rings. The van der Waals surface area contributed by atoms with Gasteiger partial charge in [0.1, 0.15) is 0 Å². The molecule has 0 amide bonds. The quantitative estimate of drug-likeness (QED) is 0.298. The Kier molecular flexibility index (Phi) is 6.12. The van der Waals surface area contributed by atoms with Gasteiger partial charge in [0.25, 0.3) is 0 Å². The second-order valence-corrected chi connectivity index (χ2v) is 27.8. The summed E-state index contributed by atoms with van der Waals surface area (Å²) in [5.74, 6) is 0. The van der Waals surface area contributed by atoms with Crippen LogP contribution in [0.4, 0.5) is 0 Å². The first kappa shape index (κ1) is 12.7. The van der Waals surface area contributed by atoms with Crippen molar-refractivity contribution in [3.05, 3.63) is 21.2 Å². The first-order valence-corrected chi connectivity index (χ1v) is 18.4. The van der Waals surface area contributed by atoms with E-state index >= 15 is 0 Å². The molecule has 0 aliphatic heterocycles. The van der Waals surface area contributed by atoms with Crippen LogP contribution in [0.3, 0.4) is 0 Å². The average Bonchev–Trinajstić information content (AvgIpc) is 2.01. The Morgan fingerprint density at radius 1 is 1.15 bits per heavy atom. The van der Waals surface area contributed by atoms with Crippen LogP contribution in [0, 0.1) is 0 Å². The predicted octanol–water partition coefficient (Wildman–Crippen LogP) is 5.10. The molecule has 0 spiro atoms. The van der Waals surface area contributed by atoms with Crippen LogP contribution < -0.4 is 0 Å². The Morgan fingerprint density at radius 3 is 2.46 bits per heavy atom. The summed E-state index contributed by atoms with van der Waals surface area (Å²) in [6.07, 6.45) is 7.61. The van der Waals surface area contributed by atoms with Gasteiger partial charge in [-0.05, 0) is 0 Å². The molecular formula is C10H15I2Pt. The van der Waals surface area contributed by atoms with Crippen molar-refractivity contribution in [3.8, 4) is 0 Å². The molecule has 0 nitrogen and oxygen atoms in total. The topological polar surface area (TPSA) is 0 Å². The first-order valence-electron chi connectivity index (χ1n) is 4.40. The predicted molar refractivity (Wildman–Crippen MR) is 73.0 cm³/mol. The third-order valence-corrected chi connectivity index (χ3v) is 11.6. The van der Waals surface area contributed by atoms with E-state index in [1.54, 1.807) is 11.1 Å². The van der Waals surface area contributed by atoms with Gasteiger partial charge in [-0.15, -0.1) is 0 Å². The van der Waals surface area contributed by atoms with E-state index in [2.05, 4.69) is 58.6 Å². The molecule has 1 aliphatic carbocycles. The molecule has 0 unspecified atom stereocenters. The number of rotatable bonds is 1. The number of halogens is 2. The Labute approximate surface area is 108 Å². The van der Waals surface area contributed by atoms with Crippen LogP contribution in [0.1, 0.15) is 39.5 Å². The molecule has 79 valence electrons. The molecule has 0 saturated carbocycles. The van der Waals surface area contributed by atoms with Gasteiger partial charge in [0.05, 0.1) is 0 Å². The molecule has 1 aliphatic rings. The molecular weight excluding hydrogens is 569 g/mol. The molecule has 3 heteroatoms. The molecule has 0 heterocycles. The van der Waals surface area contributed by atoms with Crippen LogP contribution >= 0.6 is 38.7 Å². The average molecular weight is 584 g/mol. The number of allylic oxidation sites excluding steroid dienone is 4. The molecule has 13 heavy (non-hydrogen) atoms. The van der Waals surface area contributed by atoms with Gasteiger partial charge < -0.3 is 0 Å². The summed E-state index contributed by atoms with van der Waals surface area (Å²) in [4.78, 5) is 0. The van der Waals surface area contributed by atoms with Crippen molar-refractivity contribution in [2.75, 3.05) is 0 Å². The molecule has 0 N–H and O–H groups in total. The second-order valence-electron chi connectivity index (χ2n) is 3.40. The normalized spacial score (nSPS) is 30.2. The standard InChI is InChI=1S/C10H15.2HI.Pt/c1-9-5-3-7-10(2)8-4-6-9;;;/h5H,3-4,6-7H2,1-2H3;2*1H;/q;;;+2/p-2/b9-5-,10-8?;;;. The van der Waals surface area contributed by atoms with Gasteiger partial charge in [0.15, 0.2) is 0 Å². The minimum absolute atomic E-state index is 0.764. The van der Waals surface area contributed by atoms with E-state index < -0.39 is 9.95 Å². The summed E-state index contributed by atoms with van der Waals surface area (Å²) < 4.78 is 1.83. The Bertz CT molecular complexity index is 241.